The molecule has 19 heteroatoms. The number of nitrogens with one attached hydrogen (secondary N) is 2. The van der Waals surface area contributed by atoms with Crippen molar-refractivity contribution in [2.75, 3.05) is 37.6 Å². The number of carboxylic acid groups (broad SMARTS) is 2. The Kier molecular flexibility index (Phi) is 13.0. The molecule has 2 aromatic carbocycles. The number of hydrogen-bond acceptors (Lipinski definition) is 7. The molecule has 0 aliphatic carbocycles. The van der Waals surface area contributed by atoms with E-state index < -0.39 is 36.1 Å². The van der Waals surface area contributed by atoms with Gasteiger partial charge in [-0.05, 0) is 41.8 Å². The van der Waals surface area contributed by atoms with E-state index >= 15 is 0 Å². The van der Waals surface area contributed by atoms with Crippen LogP contribution in [-0.4, -0.2) is 82.0 Å². The van der Waals surface area contributed by atoms with Crippen LogP contribution in [0.25, 0.3) is 16.8 Å². The Morgan fingerprint density at radius 1 is 0.935 bits per heavy atom. The van der Waals surface area contributed by atoms with E-state index in [4.69, 9.17) is 25.5 Å². The molecule has 0 bridgehead atoms. The Morgan fingerprint density at radius 2 is 1.46 bits per heavy atom. The lowest BCUT2D eigenvalue weighted by Crippen LogP contribution is -2.43. The molecule has 3 aromatic rings. The fraction of sp³-hybridized carbons (Fsp3) is 0.333. The summed E-state index contributed by atoms with van der Waals surface area (Å²) in [6.07, 6.45) is -12.2. The van der Waals surface area contributed by atoms with E-state index in [-0.39, 0.29) is 24.4 Å². The minimum Gasteiger partial charge on any atom is -0.475 e. The second-order valence-corrected chi connectivity index (χ2v) is 9.36. The average molecular weight is 669 g/mol. The Balaban J connectivity index is 0.000000440. The fourth-order valence-electron chi connectivity index (χ4n) is 4.06. The number of hydrogen-bond donors (Lipinski definition) is 5. The van der Waals surface area contributed by atoms with Crippen LogP contribution >= 0.6 is 0 Å². The molecule has 1 saturated heterocycles. The molecule has 1 aromatic heterocycles. The molecule has 0 atom stereocenters. The first-order valence-electron chi connectivity index (χ1n) is 13.0. The van der Waals surface area contributed by atoms with Crippen molar-refractivity contribution in [3.05, 3.63) is 76.0 Å². The Morgan fingerprint density at radius 3 is 1.91 bits per heavy atom. The quantitative estimate of drug-likeness (QED) is 0.245. The normalized spacial score (nSPS) is 13.1. The molecular formula is C27H28F8N6O5. The van der Waals surface area contributed by atoms with E-state index in [1.807, 2.05) is 19.1 Å². The van der Waals surface area contributed by atoms with Crippen molar-refractivity contribution < 1.29 is 54.9 Å². The first-order valence-corrected chi connectivity index (χ1v) is 13.0. The van der Waals surface area contributed by atoms with Gasteiger partial charge < -0.3 is 26.2 Å². The summed E-state index contributed by atoms with van der Waals surface area (Å²) in [5.74, 6) is -5.32. The first kappa shape index (κ1) is 37.4. The SMILES string of the molecule is Cc1c(-c2ccc(N3CCNCC3)cc2)cccc1-n1c(CC(CN)=C(F)F)n[nH]c1=O.O=C(O)C(F)(F)F.O=C(O)C(F)(F)F. The number of aliphatic carboxylic acids is 2. The Labute approximate surface area is 254 Å². The lowest BCUT2D eigenvalue weighted by atomic mass is 9.98. The van der Waals surface area contributed by atoms with Crippen LogP contribution in [0.3, 0.4) is 0 Å². The van der Waals surface area contributed by atoms with E-state index in [1.54, 1.807) is 6.07 Å². The number of alkyl halides is 6. The summed E-state index contributed by atoms with van der Waals surface area (Å²) in [5, 5.41) is 23.9. The monoisotopic (exact) mass is 668 g/mol. The summed E-state index contributed by atoms with van der Waals surface area (Å²) in [6, 6.07) is 13.9. The molecule has 1 aliphatic heterocycles. The van der Waals surface area contributed by atoms with Gasteiger partial charge >= 0.3 is 30.0 Å². The van der Waals surface area contributed by atoms with Crippen molar-refractivity contribution in [3.8, 4) is 16.8 Å². The topological polar surface area (TPSA) is 167 Å². The highest BCUT2D eigenvalue weighted by Crippen LogP contribution is 2.30. The van der Waals surface area contributed by atoms with Crippen LogP contribution in [0.1, 0.15) is 11.4 Å². The third-order valence-corrected chi connectivity index (χ3v) is 6.32. The molecule has 0 radical (unpaired) electrons. The van der Waals surface area contributed by atoms with Gasteiger partial charge in [-0.3, -0.25) is 0 Å². The summed E-state index contributed by atoms with van der Waals surface area (Å²) >= 11 is 0. The molecule has 1 aliphatic rings. The third kappa shape index (κ3) is 10.4. The average Bonchev–Trinajstić information content (AvgIpc) is 3.35. The van der Waals surface area contributed by atoms with Gasteiger partial charge in [-0.2, -0.15) is 40.2 Å². The fourth-order valence-corrected chi connectivity index (χ4v) is 4.06. The number of H-pyrrole nitrogens is 1. The number of carbonyl (C=O) groups is 2. The standard InChI is InChI=1S/C23H26F2N6O.2C2HF3O2/c1-15-19(16-5-7-18(8-6-16)30-11-9-27-10-12-30)3-2-4-20(15)31-21(28-29-23(31)32)13-17(14-26)22(24)25;2*3-2(4,5)1(6)7/h2-8,27H,9-14,26H2,1H3,(H,29,32);2*(H,6,7). The van der Waals surface area contributed by atoms with Crippen LogP contribution in [0.5, 0.6) is 0 Å². The van der Waals surface area contributed by atoms with Crippen molar-refractivity contribution in [1.29, 1.82) is 0 Å². The molecule has 6 N–H and O–H groups in total. The van der Waals surface area contributed by atoms with Crippen LogP contribution in [0.15, 0.2) is 58.9 Å². The minimum absolute atomic E-state index is 0.192. The maximum absolute atomic E-state index is 13.1. The van der Waals surface area contributed by atoms with Gasteiger partial charge in [-0.25, -0.2) is 24.0 Å². The predicted molar refractivity (Wildman–Crippen MR) is 149 cm³/mol. The molecule has 4 rings (SSSR count). The van der Waals surface area contributed by atoms with Gasteiger partial charge in [0.15, 0.2) is 0 Å². The smallest absolute Gasteiger partial charge is 0.475 e. The summed E-state index contributed by atoms with van der Waals surface area (Å²) in [7, 11) is 0. The van der Waals surface area contributed by atoms with Gasteiger partial charge in [-0.15, -0.1) is 0 Å². The van der Waals surface area contributed by atoms with Crippen molar-refractivity contribution >= 4 is 17.6 Å². The lowest BCUT2D eigenvalue weighted by molar-refractivity contribution is -0.193. The molecule has 1 fully saturated rings. The molecule has 46 heavy (non-hydrogen) atoms. The van der Waals surface area contributed by atoms with Crippen LogP contribution < -0.4 is 21.6 Å². The molecular weight excluding hydrogens is 640 g/mol. The van der Waals surface area contributed by atoms with Gasteiger partial charge in [0.25, 0.3) is 6.08 Å². The first-order chi connectivity index (χ1) is 21.4. The zero-order valence-electron chi connectivity index (χ0n) is 23.8. The molecule has 0 amide bonds. The lowest BCUT2D eigenvalue weighted by Gasteiger charge is -2.29. The number of piperazine rings is 1. The van der Waals surface area contributed by atoms with Crippen LogP contribution in [0, 0.1) is 6.92 Å². The van der Waals surface area contributed by atoms with Gasteiger partial charge in [0, 0.05) is 50.4 Å². The van der Waals surface area contributed by atoms with Crippen molar-refractivity contribution in [2.24, 2.45) is 5.73 Å². The maximum atomic E-state index is 13.1. The minimum atomic E-state index is -5.08. The van der Waals surface area contributed by atoms with E-state index in [1.165, 1.54) is 10.3 Å². The molecule has 0 unspecified atom stereocenters. The van der Waals surface area contributed by atoms with E-state index in [0.29, 0.717) is 5.69 Å². The zero-order valence-corrected chi connectivity index (χ0v) is 23.8. The van der Waals surface area contributed by atoms with Gasteiger partial charge in [-0.1, -0.05) is 24.3 Å². The number of rotatable bonds is 6. The Bertz CT molecular complexity index is 1550. The molecule has 0 saturated carbocycles. The molecule has 2 heterocycles. The van der Waals surface area contributed by atoms with Crippen molar-refractivity contribution in [2.45, 2.75) is 25.7 Å². The third-order valence-electron chi connectivity index (χ3n) is 6.32. The summed E-state index contributed by atoms with van der Waals surface area (Å²) in [6.45, 7) is 5.49. The van der Waals surface area contributed by atoms with Gasteiger partial charge in [0.05, 0.1) is 5.69 Å². The zero-order chi connectivity index (χ0) is 34.8. The number of halogens is 8. The number of nitrogens with two attached hydrogens (primary N) is 1. The van der Waals surface area contributed by atoms with Crippen molar-refractivity contribution in [1.82, 2.24) is 20.1 Å². The second kappa shape index (κ2) is 16.0. The summed E-state index contributed by atoms with van der Waals surface area (Å²) in [5.41, 5.74) is 9.31. The maximum Gasteiger partial charge on any atom is 0.490 e. The van der Waals surface area contributed by atoms with E-state index in [0.717, 1.165) is 42.9 Å². The summed E-state index contributed by atoms with van der Waals surface area (Å²) < 4.78 is 91.1. The van der Waals surface area contributed by atoms with Crippen molar-refractivity contribution in [3.63, 3.8) is 0 Å². The van der Waals surface area contributed by atoms with E-state index in [9.17, 15) is 39.9 Å². The molecule has 0 spiro atoms. The van der Waals surface area contributed by atoms with Gasteiger partial charge in [0.1, 0.15) is 5.82 Å². The number of benzene rings is 2. The highest BCUT2D eigenvalue weighted by atomic mass is 19.4. The van der Waals surface area contributed by atoms with Crippen LogP contribution in [0.2, 0.25) is 0 Å². The number of anilines is 1. The summed E-state index contributed by atoms with van der Waals surface area (Å²) in [4.78, 5) is 32.6. The number of carboxylic acids is 2. The van der Waals surface area contributed by atoms with Crippen LogP contribution in [0.4, 0.5) is 40.8 Å². The molecule has 252 valence electrons. The second-order valence-electron chi connectivity index (χ2n) is 9.36. The van der Waals surface area contributed by atoms with Crippen LogP contribution in [-0.2, 0) is 16.0 Å². The van der Waals surface area contributed by atoms with Gasteiger partial charge in [0.2, 0.25) is 0 Å². The molecule has 11 nitrogen and oxygen atoms in total. The number of aromatic nitrogens is 3. The van der Waals surface area contributed by atoms with E-state index in [2.05, 4.69) is 44.7 Å². The number of nitrogens with zero attached hydrogens (tertiary/aromatic N) is 3. The Hall–Kier alpha value is -4.78. The largest absolute Gasteiger partial charge is 0.490 e. The predicted octanol–water partition coefficient (Wildman–Crippen LogP) is 3.86. The highest BCUT2D eigenvalue weighted by molar-refractivity contribution is 5.74. The highest BCUT2D eigenvalue weighted by Gasteiger charge is 2.38. The number of aromatic amines is 1.